The molecule has 5 rings (SSSR count). The molecule has 0 spiro atoms. The van der Waals surface area contributed by atoms with Crippen LogP contribution in [0.4, 0.5) is 0 Å². The van der Waals surface area contributed by atoms with E-state index in [1.54, 1.807) is 6.08 Å². The Hall–Kier alpha value is -4.43. The van der Waals surface area contributed by atoms with Crippen LogP contribution in [0, 0.1) is 5.92 Å². The largest absolute Gasteiger partial charge is 0.463 e. The lowest BCUT2D eigenvalue weighted by Crippen LogP contribution is -2.17. The normalized spacial score (nSPS) is 16.7. The Bertz CT molecular complexity index is 1460. The molecule has 0 radical (unpaired) electrons. The van der Waals surface area contributed by atoms with Gasteiger partial charge in [0.15, 0.2) is 0 Å². The van der Waals surface area contributed by atoms with Crippen molar-refractivity contribution in [3.8, 4) is 0 Å². The molecule has 0 bridgehead atoms. The summed E-state index contributed by atoms with van der Waals surface area (Å²) in [5.41, 5.74) is 9.99. The summed E-state index contributed by atoms with van der Waals surface area (Å²) in [6.45, 7) is 4.37. The fourth-order valence-corrected chi connectivity index (χ4v) is 5.23. The van der Waals surface area contributed by atoms with E-state index >= 15 is 0 Å². The average Bonchev–Trinajstić information content (AvgIpc) is 2.95. The van der Waals surface area contributed by atoms with Crippen LogP contribution in [0.15, 0.2) is 133 Å². The summed E-state index contributed by atoms with van der Waals surface area (Å²) in [5, 5.41) is 0. The summed E-state index contributed by atoms with van der Waals surface area (Å²) in [4.78, 5) is 12.9. The molecule has 0 fully saturated rings. The minimum atomic E-state index is -0.319. The molecule has 1 atom stereocenters. The molecule has 182 valence electrons. The Morgan fingerprint density at radius 1 is 0.622 bits per heavy atom. The third-order valence-electron chi connectivity index (χ3n) is 6.79. The van der Waals surface area contributed by atoms with E-state index in [0.29, 0.717) is 6.61 Å². The third-order valence-corrected chi connectivity index (χ3v) is 6.79. The van der Waals surface area contributed by atoms with Crippen LogP contribution in [0.25, 0.3) is 22.3 Å². The number of ether oxygens (including phenoxy) is 1. The Balaban J connectivity index is 1.96. The standard InChI is InChI=1S/C35H30O2/c1-3-37-31(36)24-30-25(2)32(26-16-8-4-9-17-26)34(28-20-12-6-13-21-28)35(29-22-14-7-15-23-29)33(30)27-18-10-5-11-19-27/h4-25H,3H2,1-2H3/b30-24+. The van der Waals surface area contributed by atoms with Crippen LogP contribution in [0.2, 0.25) is 0 Å². The van der Waals surface area contributed by atoms with E-state index in [2.05, 4.69) is 110 Å². The van der Waals surface area contributed by atoms with Crippen LogP contribution in [-0.4, -0.2) is 12.6 Å². The number of carbonyl (C=O) groups is 1. The molecule has 0 aliphatic heterocycles. The number of hydrogen-bond donors (Lipinski definition) is 0. The number of carbonyl (C=O) groups excluding carboxylic acids is 1. The smallest absolute Gasteiger partial charge is 0.331 e. The van der Waals surface area contributed by atoms with Crippen molar-refractivity contribution < 1.29 is 9.53 Å². The maximum absolute atomic E-state index is 12.9. The van der Waals surface area contributed by atoms with Gasteiger partial charge in [-0.05, 0) is 57.0 Å². The summed E-state index contributed by atoms with van der Waals surface area (Å²) in [7, 11) is 0. The molecule has 2 heteroatoms. The van der Waals surface area contributed by atoms with Crippen molar-refractivity contribution >= 4 is 28.3 Å². The van der Waals surface area contributed by atoms with E-state index in [9.17, 15) is 4.79 Å². The summed E-state index contributed by atoms with van der Waals surface area (Å²) in [6.07, 6.45) is 1.70. The molecule has 4 aromatic carbocycles. The number of allylic oxidation sites excluding steroid dienone is 5. The first kappa shape index (κ1) is 24.3. The average molecular weight is 483 g/mol. The van der Waals surface area contributed by atoms with Gasteiger partial charge >= 0.3 is 5.97 Å². The molecule has 1 unspecified atom stereocenters. The van der Waals surface area contributed by atoms with Gasteiger partial charge in [-0.15, -0.1) is 0 Å². The van der Waals surface area contributed by atoms with Crippen LogP contribution in [0.1, 0.15) is 36.1 Å². The van der Waals surface area contributed by atoms with Crippen LogP contribution in [0.3, 0.4) is 0 Å². The lowest BCUT2D eigenvalue weighted by atomic mass is 9.68. The quantitative estimate of drug-likeness (QED) is 0.204. The number of hydrogen-bond acceptors (Lipinski definition) is 2. The van der Waals surface area contributed by atoms with Gasteiger partial charge in [-0.2, -0.15) is 0 Å². The monoisotopic (exact) mass is 482 g/mol. The SMILES string of the molecule is CCOC(=O)/C=C1/C(c2ccccc2)=C(c2ccccc2)C(c2ccccc2)=C(c2ccccc2)C1C. The molecular weight excluding hydrogens is 452 g/mol. The molecule has 4 aromatic rings. The molecule has 0 amide bonds. The molecule has 2 nitrogen and oxygen atoms in total. The van der Waals surface area contributed by atoms with Gasteiger partial charge in [0.25, 0.3) is 0 Å². The Labute approximate surface area is 219 Å². The second kappa shape index (κ2) is 11.1. The van der Waals surface area contributed by atoms with E-state index in [0.717, 1.165) is 39.0 Å². The van der Waals surface area contributed by atoms with Gasteiger partial charge < -0.3 is 4.74 Å². The fourth-order valence-electron chi connectivity index (χ4n) is 5.23. The van der Waals surface area contributed by atoms with Crippen LogP contribution >= 0.6 is 0 Å². The zero-order valence-corrected chi connectivity index (χ0v) is 21.2. The predicted octanol–water partition coefficient (Wildman–Crippen LogP) is 8.35. The van der Waals surface area contributed by atoms with Gasteiger partial charge in [0.1, 0.15) is 0 Å². The zero-order valence-electron chi connectivity index (χ0n) is 21.2. The van der Waals surface area contributed by atoms with Gasteiger partial charge in [0, 0.05) is 12.0 Å². The highest BCUT2D eigenvalue weighted by atomic mass is 16.5. The topological polar surface area (TPSA) is 26.3 Å². The minimum Gasteiger partial charge on any atom is -0.463 e. The zero-order chi connectivity index (χ0) is 25.6. The van der Waals surface area contributed by atoms with E-state index in [1.807, 2.05) is 25.1 Å². The molecule has 0 aromatic heterocycles. The summed E-state index contributed by atoms with van der Waals surface area (Å²) in [6, 6.07) is 42.0. The van der Waals surface area contributed by atoms with E-state index in [1.165, 1.54) is 11.1 Å². The van der Waals surface area contributed by atoms with E-state index < -0.39 is 0 Å². The van der Waals surface area contributed by atoms with E-state index in [-0.39, 0.29) is 11.9 Å². The first-order valence-corrected chi connectivity index (χ1v) is 12.8. The van der Waals surface area contributed by atoms with Crippen LogP contribution < -0.4 is 0 Å². The highest BCUT2D eigenvalue weighted by Crippen LogP contribution is 2.53. The summed E-state index contributed by atoms with van der Waals surface area (Å²) in [5.74, 6) is -0.370. The first-order chi connectivity index (χ1) is 18.2. The lowest BCUT2D eigenvalue weighted by molar-refractivity contribution is -0.137. The van der Waals surface area contributed by atoms with Crippen molar-refractivity contribution in [2.24, 2.45) is 5.92 Å². The molecule has 0 saturated heterocycles. The van der Waals surface area contributed by atoms with Crippen LogP contribution in [0.5, 0.6) is 0 Å². The van der Waals surface area contributed by atoms with Gasteiger partial charge in [-0.25, -0.2) is 4.79 Å². The van der Waals surface area contributed by atoms with E-state index in [4.69, 9.17) is 4.74 Å². The first-order valence-electron chi connectivity index (χ1n) is 12.8. The van der Waals surface area contributed by atoms with Crippen molar-refractivity contribution in [3.63, 3.8) is 0 Å². The Morgan fingerprint density at radius 3 is 1.49 bits per heavy atom. The molecule has 0 saturated carbocycles. The molecule has 1 aliphatic rings. The molecule has 0 heterocycles. The van der Waals surface area contributed by atoms with Crippen molar-refractivity contribution in [3.05, 3.63) is 155 Å². The number of esters is 1. The number of benzene rings is 4. The van der Waals surface area contributed by atoms with Crippen molar-refractivity contribution in [1.29, 1.82) is 0 Å². The van der Waals surface area contributed by atoms with Gasteiger partial charge in [-0.1, -0.05) is 128 Å². The number of rotatable bonds is 6. The van der Waals surface area contributed by atoms with Crippen molar-refractivity contribution in [2.75, 3.05) is 6.61 Å². The fraction of sp³-hybridized carbons (Fsp3) is 0.114. The second-order valence-electron chi connectivity index (χ2n) is 9.08. The predicted molar refractivity (Wildman–Crippen MR) is 153 cm³/mol. The van der Waals surface area contributed by atoms with Gasteiger partial charge in [0.2, 0.25) is 0 Å². The summed E-state index contributed by atoms with van der Waals surface area (Å²) >= 11 is 0. The van der Waals surface area contributed by atoms with Crippen molar-refractivity contribution in [1.82, 2.24) is 0 Å². The van der Waals surface area contributed by atoms with Crippen LogP contribution in [-0.2, 0) is 9.53 Å². The van der Waals surface area contributed by atoms with Gasteiger partial charge in [-0.3, -0.25) is 0 Å². The molecule has 37 heavy (non-hydrogen) atoms. The molecule has 0 N–H and O–H groups in total. The second-order valence-corrected chi connectivity index (χ2v) is 9.08. The lowest BCUT2D eigenvalue weighted by Gasteiger charge is -2.34. The Kier molecular flexibility index (Phi) is 7.28. The third kappa shape index (κ3) is 4.96. The maximum atomic E-state index is 12.9. The highest BCUT2D eigenvalue weighted by molar-refractivity contribution is 6.27. The minimum absolute atomic E-state index is 0.0512. The molecule has 1 aliphatic carbocycles. The Morgan fingerprint density at radius 2 is 1.03 bits per heavy atom. The summed E-state index contributed by atoms with van der Waals surface area (Å²) < 4.78 is 5.42. The van der Waals surface area contributed by atoms with Crippen molar-refractivity contribution in [2.45, 2.75) is 13.8 Å². The maximum Gasteiger partial charge on any atom is 0.331 e. The highest BCUT2D eigenvalue weighted by Gasteiger charge is 2.34. The molecular formula is C35H30O2. The van der Waals surface area contributed by atoms with Gasteiger partial charge in [0.05, 0.1) is 6.61 Å².